The minimum Gasteiger partial charge on any atom is -0.481 e. The number of carboxylic acid groups (broad SMARTS) is 1. The molecule has 0 heterocycles. The predicted octanol–water partition coefficient (Wildman–Crippen LogP) is 0.444. The van der Waals surface area contributed by atoms with Gasteiger partial charge in [-0.3, -0.25) is 4.79 Å². The van der Waals surface area contributed by atoms with Crippen LogP contribution in [-0.2, 0) is 4.79 Å². The lowest BCUT2D eigenvalue weighted by Crippen LogP contribution is -2.34. The third-order valence-corrected chi connectivity index (χ3v) is 2.37. The molecule has 1 rings (SSSR count). The van der Waals surface area contributed by atoms with Crippen molar-refractivity contribution in [2.24, 2.45) is 17.6 Å². The van der Waals surface area contributed by atoms with Gasteiger partial charge in [0.2, 0.25) is 0 Å². The Hall–Kier alpha value is -0.570. The van der Waals surface area contributed by atoms with Gasteiger partial charge in [-0.15, -0.1) is 0 Å². The molecule has 0 saturated heterocycles. The fourth-order valence-electron chi connectivity index (χ4n) is 1.51. The monoisotopic (exact) mass is 143 g/mol. The first kappa shape index (κ1) is 7.54. The van der Waals surface area contributed by atoms with E-state index < -0.39 is 5.97 Å². The summed E-state index contributed by atoms with van der Waals surface area (Å²) in [5.74, 6) is -0.659. The van der Waals surface area contributed by atoms with Crippen molar-refractivity contribution in [1.29, 1.82) is 0 Å². The quantitative estimate of drug-likeness (QED) is 0.560. The topological polar surface area (TPSA) is 63.3 Å². The molecule has 0 aliphatic heterocycles. The van der Waals surface area contributed by atoms with Crippen molar-refractivity contribution in [3.8, 4) is 0 Å². The van der Waals surface area contributed by atoms with E-state index in [-0.39, 0.29) is 12.0 Å². The van der Waals surface area contributed by atoms with E-state index >= 15 is 0 Å². The van der Waals surface area contributed by atoms with Crippen molar-refractivity contribution in [3.63, 3.8) is 0 Å². The van der Waals surface area contributed by atoms with E-state index in [0.717, 1.165) is 12.8 Å². The van der Waals surface area contributed by atoms with Crippen LogP contribution in [0.15, 0.2) is 0 Å². The molecule has 3 atom stereocenters. The van der Waals surface area contributed by atoms with Gasteiger partial charge in [-0.05, 0) is 18.8 Å². The summed E-state index contributed by atoms with van der Waals surface area (Å²) in [6, 6.07) is -0.127. The number of carboxylic acids is 1. The van der Waals surface area contributed by atoms with Crippen LogP contribution in [0.4, 0.5) is 0 Å². The van der Waals surface area contributed by atoms with Gasteiger partial charge in [-0.25, -0.2) is 0 Å². The Labute approximate surface area is 60.2 Å². The van der Waals surface area contributed by atoms with Crippen LogP contribution in [0.1, 0.15) is 19.8 Å². The minimum absolute atomic E-state index is 0.127. The SMILES string of the molecule is C[C@H]1CC[C@@H](C(=O)O)[C@@H]1N. The van der Waals surface area contributed by atoms with E-state index in [1.807, 2.05) is 6.92 Å². The van der Waals surface area contributed by atoms with Gasteiger partial charge in [0.1, 0.15) is 0 Å². The molecule has 3 nitrogen and oxygen atoms in total. The predicted molar refractivity (Wildman–Crippen MR) is 37.5 cm³/mol. The van der Waals surface area contributed by atoms with E-state index in [1.165, 1.54) is 0 Å². The summed E-state index contributed by atoms with van der Waals surface area (Å²) in [6.07, 6.45) is 1.70. The molecule has 1 fully saturated rings. The minimum atomic E-state index is -0.739. The standard InChI is InChI=1S/C7H13NO2/c1-4-2-3-5(6(4)8)7(9)10/h4-6H,2-3,8H2,1H3,(H,9,10)/t4-,5+,6+/m0/s1. The third-order valence-electron chi connectivity index (χ3n) is 2.37. The lowest BCUT2D eigenvalue weighted by atomic mass is 10.0. The number of hydrogen-bond donors (Lipinski definition) is 2. The first-order valence-electron chi connectivity index (χ1n) is 3.61. The van der Waals surface area contributed by atoms with E-state index in [1.54, 1.807) is 0 Å². The number of rotatable bonds is 1. The summed E-state index contributed by atoms with van der Waals surface area (Å²) in [5.41, 5.74) is 5.64. The maximum atomic E-state index is 10.5. The summed E-state index contributed by atoms with van der Waals surface area (Å²) in [7, 11) is 0. The van der Waals surface area contributed by atoms with Gasteiger partial charge < -0.3 is 10.8 Å². The molecule has 0 aromatic rings. The first-order valence-corrected chi connectivity index (χ1v) is 3.61. The number of carbonyl (C=O) groups is 1. The zero-order valence-corrected chi connectivity index (χ0v) is 6.08. The van der Waals surface area contributed by atoms with Gasteiger partial charge in [0, 0.05) is 6.04 Å². The highest BCUT2D eigenvalue weighted by Crippen LogP contribution is 2.29. The summed E-state index contributed by atoms with van der Waals surface area (Å²) in [5, 5.41) is 8.62. The van der Waals surface area contributed by atoms with Crippen LogP contribution in [0.25, 0.3) is 0 Å². The third kappa shape index (κ3) is 1.14. The van der Waals surface area contributed by atoms with Crippen LogP contribution >= 0.6 is 0 Å². The lowest BCUT2D eigenvalue weighted by molar-refractivity contribution is -0.142. The lowest BCUT2D eigenvalue weighted by Gasteiger charge is -2.12. The van der Waals surface area contributed by atoms with Crippen molar-refractivity contribution >= 4 is 5.97 Å². The number of hydrogen-bond acceptors (Lipinski definition) is 2. The van der Waals surface area contributed by atoms with Crippen LogP contribution in [0, 0.1) is 11.8 Å². The molecule has 1 aliphatic carbocycles. The Morgan fingerprint density at radius 2 is 2.20 bits per heavy atom. The van der Waals surface area contributed by atoms with Crippen LogP contribution < -0.4 is 5.73 Å². The van der Waals surface area contributed by atoms with Crippen molar-refractivity contribution in [2.45, 2.75) is 25.8 Å². The second-order valence-electron chi connectivity index (χ2n) is 3.08. The average Bonchev–Trinajstić information content (AvgIpc) is 2.14. The Bertz CT molecular complexity index is 147. The molecular formula is C7H13NO2. The first-order chi connectivity index (χ1) is 4.63. The fraction of sp³-hybridized carbons (Fsp3) is 0.857. The molecule has 3 heteroatoms. The molecule has 0 aromatic heterocycles. The van der Waals surface area contributed by atoms with Crippen LogP contribution in [0.2, 0.25) is 0 Å². The zero-order chi connectivity index (χ0) is 7.72. The molecule has 0 aromatic carbocycles. The van der Waals surface area contributed by atoms with Gasteiger partial charge in [-0.1, -0.05) is 6.92 Å². The second-order valence-corrected chi connectivity index (χ2v) is 3.08. The van der Waals surface area contributed by atoms with Gasteiger partial charge in [0.25, 0.3) is 0 Å². The number of aliphatic carboxylic acids is 1. The summed E-state index contributed by atoms with van der Waals surface area (Å²) in [6.45, 7) is 2.01. The maximum Gasteiger partial charge on any atom is 0.308 e. The van der Waals surface area contributed by atoms with E-state index in [2.05, 4.69) is 0 Å². The van der Waals surface area contributed by atoms with E-state index in [9.17, 15) is 4.79 Å². The highest BCUT2D eigenvalue weighted by molar-refractivity contribution is 5.71. The molecule has 0 radical (unpaired) electrons. The van der Waals surface area contributed by atoms with Crippen LogP contribution in [0.3, 0.4) is 0 Å². The molecule has 0 unspecified atom stereocenters. The maximum absolute atomic E-state index is 10.5. The van der Waals surface area contributed by atoms with Crippen molar-refractivity contribution < 1.29 is 9.90 Å². The van der Waals surface area contributed by atoms with E-state index in [0.29, 0.717) is 5.92 Å². The van der Waals surface area contributed by atoms with Gasteiger partial charge in [-0.2, -0.15) is 0 Å². The van der Waals surface area contributed by atoms with Crippen LogP contribution in [-0.4, -0.2) is 17.1 Å². The smallest absolute Gasteiger partial charge is 0.308 e. The van der Waals surface area contributed by atoms with Gasteiger partial charge in [0.15, 0.2) is 0 Å². The highest BCUT2D eigenvalue weighted by atomic mass is 16.4. The largest absolute Gasteiger partial charge is 0.481 e. The van der Waals surface area contributed by atoms with Gasteiger partial charge >= 0.3 is 5.97 Å². The summed E-state index contributed by atoms with van der Waals surface area (Å²) < 4.78 is 0. The average molecular weight is 143 g/mol. The van der Waals surface area contributed by atoms with Crippen molar-refractivity contribution in [3.05, 3.63) is 0 Å². The normalized spacial score (nSPS) is 40.0. The van der Waals surface area contributed by atoms with Gasteiger partial charge in [0.05, 0.1) is 5.92 Å². The van der Waals surface area contributed by atoms with Crippen molar-refractivity contribution in [2.75, 3.05) is 0 Å². The van der Waals surface area contributed by atoms with E-state index in [4.69, 9.17) is 10.8 Å². The Kier molecular flexibility index (Phi) is 1.94. The molecule has 58 valence electrons. The molecule has 0 bridgehead atoms. The van der Waals surface area contributed by atoms with Crippen LogP contribution in [0.5, 0.6) is 0 Å². The molecule has 1 saturated carbocycles. The summed E-state index contributed by atoms with van der Waals surface area (Å²) in [4.78, 5) is 10.5. The number of nitrogens with two attached hydrogens (primary N) is 1. The second kappa shape index (κ2) is 2.58. The van der Waals surface area contributed by atoms with Crippen molar-refractivity contribution in [1.82, 2.24) is 0 Å². The molecule has 0 amide bonds. The summed E-state index contributed by atoms with van der Waals surface area (Å²) >= 11 is 0. The molecule has 1 aliphatic rings. The Morgan fingerprint density at radius 3 is 2.40 bits per heavy atom. The molecule has 10 heavy (non-hydrogen) atoms. The fourth-order valence-corrected chi connectivity index (χ4v) is 1.51. The molecule has 0 spiro atoms. The zero-order valence-electron chi connectivity index (χ0n) is 6.08. The molecule has 3 N–H and O–H groups in total. The Balaban J connectivity index is 2.57. The highest BCUT2D eigenvalue weighted by Gasteiger charge is 2.34. The Morgan fingerprint density at radius 1 is 1.60 bits per heavy atom. The molecular weight excluding hydrogens is 130 g/mol.